The fourth-order valence-corrected chi connectivity index (χ4v) is 3.07. The number of ether oxygens (including phenoxy) is 1. The fraction of sp³-hybridized carbons (Fsp3) is 0.150. The second-order valence-electron chi connectivity index (χ2n) is 5.62. The Labute approximate surface area is 150 Å². The lowest BCUT2D eigenvalue weighted by atomic mass is 10.0. The van der Waals surface area contributed by atoms with E-state index < -0.39 is 0 Å². The smallest absolute Gasteiger partial charge is 0.340 e. The largest absolute Gasteiger partial charge is 0.465 e. The quantitative estimate of drug-likeness (QED) is 0.589. The van der Waals surface area contributed by atoms with Crippen LogP contribution < -0.4 is 0 Å². The van der Waals surface area contributed by atoms with Crippen LogP contribution in [0.5, 0.6) is 0 Å². The molecule has 0 fully saturated rings. The van der Waals surface area contributed by atoms with E-state index in [0.29, 0.717) is 12.1 Å². The first-order valence-electron chi connectivity index (χ1n) is 7.68. The first-order chi connectivity index (χ1) is 11.6. The Morgan fingerprint density at radius 3 is 2.38 bits per heavy atom. The molecule has 0 radical (unpaired) electrons. The van der Waals surface area contributed by atoms with Gasteiger partial charge in [-0.15, -0.1) is 0 Å². The fourth-order valence-electron chi connectivity index (χ4n) is 2.81. The molecule has 3 rings (SSSR count). The van der Waals surface area contributed by atoms with Gasteiger partial charge in [0.15, 0.2) is 0 Å². The monoisotopic (exact) mass is 383 g/mol. The SMILES string of the molecule is COC(=O)c1c(-c2ccc(Br)cc2)cn(Cc2ccccc2)c1C. The Hall–Kier alpha value is -2.33. The third-order valence-corrected chi connectivity index (χ3v) is 4.62. The first kappa shape index (κ1) is 16.5. The molecule has 0 aliphatic heterocycles. The number of hydrogen-bond acceptors (Lipinski definition) is 2. The van der Waals surface area contributed by atoms with Gasteiger partial charge in [-0.25, -0.2) is 4.79 Å². The summed E-state index contributed by atoms with van der Waals surface area (Å²) in [5.74, 6) is -0.308. The molecule has 0 saturated heterocycles. The molecule has 3 aromatic rings. The Bertz CT molecular complexity index is 851. The number of carbonyl (C=O) groups is 1. The van der Waals surface area contributed by atoms with Gasteiger partial charge in [-0.3, -0.25) is 0 Å². The molecule has 122 valence electrons. The number of methoxy groups -OCH3 is 1. The van der Waals surface area contributed by atoms with E-state index in [1.54, 1.807) is 0 Å². The van der Waals surface area contributed by atoms with Gasteiger partial charge in [0.1, 0.15) is 0 Å². The maximum atomic E-state index is 12.3. The molecule has 0 atom stereocenters. The van der Waals surface area contributed by atoms with Crippen LogP contribution in [0.2, 0.25) is 0 Å². The standard InChI is InChI=1S/C20H18BrNO2/c1-14-19(20(23)24-2)18(16-8-10-17(21)11-9-16)13-22(14)12-15-6-4-3-5-7-15/h3-11,13H,12H2,1-2H3. The molecule has 0 unspecified atom stereocenters. The summed E-state index contributed by atoms with van der Waals surface area (Å²) in [5, 5.41) is 0. The van der Waals surface area contributed by atoms with Crippen LogP contribution in [0, 0.1) is 6.92 Å². The van der Waals surface area contributed by atoms with Gasteiger partial charge in [-0.2, -0.15) is 0 Å². The summed E-state index contributed by atoms with van der Waals surface area (Å²) in [6.07, 6.45) is 2.03. The number of hydrogen-bond donors (Lipinski definition) is 0. The van der Waals surface area contributed by atoms with Crippen molar-refractivity contribution in [2.24, 2.45) is 0 Å². The zero-order chi connectivity index (χ0) is 17.1. The van der Waals surface area contributed by atoms with Gasteiger partial charge in [-0.1, -0.05) is 58.4 Å². The molecular weight excluding hydrogens is 366 g/mol. The van der Waals surface area contributed by atoms with E-state index in [0.717, 1.165) is 21.3 Å². The van der Waals surface area contributed by atoms with Gasteiger partial charge in [-0.05, 0) is 30.2 Å². The van der Waals surface area contributed by atoms with Crippen molar-refractivity contribution >= 4 is 21.9 Å². The molecule has 0 amide bonds. The van der Waals surface area contributed by atoms with E-state index >= 15 is 0 Å². The number of halogens is 1. The van der Waals surface area contributed by atoms with Crippen LogP contribution in [0.1, 0.15) is 21.6 Å². The highest BCUT2D eigenvalue weighted by Crippen LogP contribution is 2.30. The highest BCUT2D eigenvalue weighted by atomic mass is 79.9. The van der Waals surface area contributed by atoms with Crippen molar-refractivity contribution in [2.75, 3.05) is 7.11 Å². The lowest BCUT2D eigenvalue weighted by Gasteiger charge is -2.07. The van der Waals surface area contributed by atoms with Gasteiger partial charge in [0.25, 0.3) is 0 Å². The molecule has 0 bridgehead atoms. The molecule has 0 saturated carbocycles. The molecule has 0 aliphatic rings. The zero-order valence-corrected chi connectivity index (χ0v) is 15.2. The minimum absolute atomic E-state index is 0.308. The average molecular weight is 384 g/mol. The van der Waals surface area contributed by atoms with E-state index in [1.165, 1.54) is 12.7 Å². The van der Waals surface area contributed by atoms with Gasteiger partial charge < -0.3 is 9.30 Å². The maximum absolute atomic E-state index is 12.3. The van der Waals surface area contributed by atoms with Crippen molar-refractivity contribution in [1.82, 2.24) is 4.57 Å². The Morgan fingerprint density at radius 2 is 1.75 bits per heavy atom. The van der Waals surface area contributed by atoms with Crippen LogP contribution in [0.25, 0.3) is 11.1 Å². The second kappa shape index (κ2) is 7.05. The summed E-state index contributed by atoms with van der Waals surface area (Å²) >= 11 is 3.45. The van der Waals surface area contributed by atoms with Crippen molar-refractivity contribution in [3.05, 3.63) is 82.1 Å². The minimum atomic E-state index is -0.308. The van der Waals surface area contributed by atoms with Crippen molar-refractivity contribution in [1.29, 1.82) is 0 Å². The molecule has 1 aromatic heterocycles. The summed E-state index contributed by atoms with van der Waals surface area (Å²) in [7, 11) is 1.42. The van der Waals surface area contributed by atoms with Crippen molar-refractivity contribution in [2.45, 2.75) is 13.5 Å². The molecule has 3 nitrogen and oxygen atoms in total. The Kier molecular flexibility index (Phi) is 4.86. The number of carbonyl (C=O) groups excluding carboxylic acids is 1. The number of benzene rings is 2. The van der Waals surface area contributed by atoms with Gasteiger partial charge in [0.2, 0.25) is 0 Å². The zero-order valence-electron chi connectivity index (χ0n) is 13.6. The molecule has 0 spiro atoms. The van der Waals surface area contributed by atoms with Crippen LogP contribution in [-0.2, 0) is 11.3 Å². The molecule has 0 aliphatic carbocycles. The predicted octanol–water partition coefficient (Wildman–Crippen LogP) is 5.06. The minimum Gasteiger partial charge on any atom is -0.465 e. The Balaban J connectivity index is 2.08. The summed E-state index contributed by atoms with van der Waals surface area (Å²) in [5.41, 5.74) is 4.60. The summed E-state index contributed by atoms with van der Waals surface area (Å²) in [6.45, 7) is 2.67. The summed E-state index contributed by atoms with van der Waals surface area (Å²) in [6, 6.07) is 18.1. The molecule has 0 N–H and O–H groups in total. The lowest BCUT2D eigenvalue weighted by molar-refractivity contribution is 0.0600. The molecule has 24 heavy (non-hydrogen) atoms. The first-order valence-corrected chi connectivity index (χ1v) is 8.47. The molecule has 1 heterocycles. The van der Waals surface area contributed by atoms with Crippen molar-refractivity contribution in [3.8, 4) is 11.1 Å². The van der Waals surface area contributed by atoms with Crippen LogP contribution in [-0.4, -0.2) is 17.6 Å². The molecule has 4 heteroatoms. The van der Waals surface area contributed by atoms with Gasteiger partial charge in [0, 0.05) is 28.5 Å². The predicted molar refractivity (Wildman–Crippen MR) is 99.2 cm³/mol. The van der Waals surface area contributed by atoms with E-state index in [9.17, 15) is 4.79 Å². The number of aromatic nitrogens is 1. The highest BCUT2D eigenvalue weighted by Gasteiger charge is 2.21. The van der Waals surface area contributed by atoms with Crippen molar-refractivity contribution in [3.63, 3.8) is 0 Å². The van der Waals surface area contributed by atoms with Gasteiger partial charge >= 0.3 is 5.97 Å². The maximum Gasteiger partial charge on any atom is 0.340 e. The topological polar surface area (TPSA) is 31.2 Å². The van der Waals surface area contributed by atoms with Crippen LogP contribution >= 0.6 is 15.9 Å². The van der Waals surface area contributed by atoms with E-state index in [1.807, 2.05) is 55.6 Å². The third-order valence-electron chi connectivity index (χ3n) is 4.09. The van der Waals surface area contributed by atoms with Crippen LogP contribution in [0.4, 0.5) is 0 Å². The second-order valence-corrected chi connectivity index (χ2v) is 6.53. The van der Waals surface area contributed by atoms with Crippen molar-refractivity contribution < 1.29 is 9.53 Å². The molecule has 2 aromatic carbocycles. The van der Waals surface area contributed by atoms with Crippen LogP contribution in [0.15, 0.2) is 65.3 Å². The summed E-state index contributed by atoms with van der Waals surface area (Å²) < 4.78 is 8.11. The normalized spacial score (nSPS) is 10.6. The van der Waals surface area contributed by atoms with Crippen LogP contribution in [0.3, 0.4) is 0 Å². The van der Waals surface area contributed by atoms with E-state index in [2.05, 4.69) is 32.6 Å². The summed E-state index contributed by atoms with van der Waals surface area (Å²) in [4.78, 5) is 12.3. The lowest BCUT2D eigenvalue weighted by Crippen LogP contribution is -2.06. The third kappa shape index (κ3) is 3.29. The molecular formula is C20H18BrNO2. The highest BCUT2D eigenvalue weighted by molar-refractivity contribution is 9.10. The number of rotatable bonds is 4. The van der Waals surface area contributed by atoms with E-state index in [-0.39, 0.29) is 5.97 Å². The number of esters is 1. The number of nitrogens with zero attached hydrogens (tertiary/aromatic N) is 1. The average Bonchev–Trinajstić information content (AvgIpc) is 2.92. The van der Waals surface area contributed by atoms with E-state index in [4.69, 9.17) is 4.74 Å². The Morgan fingerprint density at radius 1 is 1.08 bits per heavy atom. The van der Waals surface area contributed by atoms with Gasteiger partial charge in [0.05, 0.1) is 12.7 Å².